The van der Waals surface area contributed by atoms with Crippen LogP contribution in [0.2, 0.25) is 0 Å². The zero-order valence-electron chi connectivity index (χ0n) is 14.1. The number of aryl methyl sites for hydroxylation is 1. The van der Waals surface area contributed by atoms with Gasteiger partial charge in [-0.05, 0) is 32.0 Å². The maximum Gasteiger partial charge on any atom is 0.387 e. The summed E-state index contributed by atoms with van der Waals surface area (Å²) in [6.07, 6.45) is 0. The Labute approximate surface area is 167 Å². The third kappa shape index (κ3) is 7.55. The molecule has 0 atom stereocenters. The average molecular weight is 481 g/mol. The summed E-state index contributed by atoms with van der Waals surface area (Å²) in [7, 11) is 0. The normalized spacial score (nSPS) is 11.2. The molecule has 138 valence electrons. The lowest BCUT2D eigenvalue weighted by atomic mass is 10.2. The smallest absolute Gasteiger partial charge is 0.387 e. The highest BCUT2D eigenvalue weighted by atomic mass is 127. The van der Waals surface area contributed by atoms with Crippen LogP contribution in [0.4, 0.5) is 8.78 Å². The molecule has 1 aromatic carbocycles. The number of ether oxygens (including phenoxy) is 1. The van der Waals surface area contributed by atoms with Crippen LogP contribution >= 0.6 is 35.3 Å². The maximum absolute atomic E-state index is 12.4. The lowest BCUT2D eigenvalue weighted by Gasteiger charge is -2.12. The number of hydrogen-bond acceptors (Lipinski definition) is 3. The van der Waals surface area contributed by atoms with Crippen molar-refractivity contribution in [1.29, 1.82) is 0 Å². The summed E-state index contributed by atoms with van der Waals surface area (Å²) >= 11 is 1.72. The number of thiophene rings is 1. The number of aliphatic imine (C=N–C) groups is 1. The number of benzene rings is 1. The van der Waals surface area contributed by atoms with Crippen molar-refractivity contribution in [2.24, 2.45) is 4.99 Å². The number of hydrogen-bond donors (Lipinski definition) is 2. The third-order valence-electron chi connectivity index (χ3n) is 3.17. The predicted molar refractivity (Wildman–Crippen MR) is 109 cm³/mol. The lowest BCUT2D eigenvalue weighted by molar-refractivity contribution is -0.0504. The summed E-state index contributed by atoms with van der Waals surface area (Å²) in [5.41, 5.74) is 0.613. The van der Waals surface area contributed by atoms with E-state index in [0.717, 1.165) is 0 Å². The number of rotatable bonds is 7. The molecule has 0 unspecified atom stereocenters. The van der Waals surface area contributed by atoms with Gasteiger partial charge >= 0.3 is 6.61 Å². The van der Waals surface area contributed by atoms with Crippen LogP contribution in [0, 0.1) is 6.92 Å². The lowest BCUT2D eigenvalue weighted by Crippen LogP contribution is -2.36. The molecule has 0 aliphatic carbocycles. The Morgan fingerprint density at radius 3 is 2.60 bits per heavy atom. The molecule has 0 radical (unpaired) electrons. The average Bonchev–Trinajstić information content (AvgIpc) is 2.96. The van der Waals surface area contributed by atoms with Crippen molar-refractivity contribution in [1.82, 2.24) is 10.6 Å². The van der Waals surface area contributed by atoms with E-state index in [1.165, 1.54) is 15.8 Å². The summed E-state index contributed by atoms with van der Waals surface area (Å²) in [6.45, 7) is 2.82. The van der Waals surface area contributed by atoms with Gasteiger partial charge in [0.2, 0.25) is 0 Å². The SMILES string of the molecule is CCNC(=NCc1ccccc1OC(F)F)NCc1ccc(C)s1.I. The van der Waals surface area contributed by atoms with Gasteiger partial charge in [0.15, 0.2) is 5.96 Å². The molecule has 25 heavy (non-hydrogen) atoms. The van der Waals surface area contributed by atoms with Crippen LogP contribution in [0.3, 0.4) is 0 Å². The molecule has 8 heteroatoms. The molecule has 2 N–H and O–H groups in total. The Morgan fingerprint density at radius 2 is 1.96 bits per heavy atom. The molecular formula is C17H22F2IN3OS. The fraction of sp³-hybridized carbons (Fsp3) is 0.353. The Balaban J connectivity index is 0.00000312. The summed E-state index contributed by atoms with van der Waals surface area (Å²) < 4.78 is 29.4. The van der Waals surface area contributed by atoms with Crippen LogP contribution in [0.5, 0.6) is 5.75 Å². The minimum Gasteiger partial charge on any atom is -0.434 e. The fourth-order valence-corrected chi connectivity index (χ4v) is 2.93. The molecule has 0 bridgehead atoms. The predicted octanol–water partition coefficient (Wildman–Crippen LogP) is 4.53. The number of nitrogens with one attached hydrogen (secondary N) is 2. The maximum atomic E-state index is 12.4. The molecule has 0 amide bonds. The first-order valence-corrected chi connectivity index (χ1v) is 8.50. The largest absolute Gasteiger partial charge is 0.434 e. The summed E-state index contributed by atoms with van der Waals surface area (Å²) in [5, 5.41) is 6.39. The topological polar surface area (TPSA) is 45.7 Å². The molecule has 4 nitrogen and oxygen atoms in total. The van der Waals surface area contributed by atoms with Crippen molar-refractivity contribution in [2.75, 3.05) is 6.54 Å². The van der Waals surface area contributed by atoms with E-state index in [9.17, 15) is 8.78 Å². The van der Waals surface area contributed by atoms with E-state index in [1.807, 2.05) is 6.92 Å². The van der Waals surface area contributed by atoms with Crippen molar-refractivity contribution in [3.05, 3.63) is 51.7 Å². The van der Waals surface area contributed by atoms with Gasteiger partial charge in [0.25, 0.3) is 0 Å². The molecular weight excluding hydrogens is 459 g/mol. The van der Waals surface area contributed by atoms with Gasteiger partial charge in [-0.1, -0.05) is 18.2 Å². The zero-order chi connectivity index (χ0) is 17.4. The molecule has 0 aliphatic heterocycles. The number of nitrogens with zero attached hydrogens (tertiary/aromatic N) is 1. The Hall–Kier alpha value is -1.42. The Kier molecular flexibility index (Phi) is 9.73. The second kappa shape index (κ2) is 11.2. The van der Waals surface area contributed by atoms with Gasteiger partial charge in [-0.25, -0.2) is 4.99 Å². The molecule has 2 aromatic rings. The van der Waals surface area contributed by atoms with E-state index in [4.69, 9.17) is 0 Å². The van der Waals surface area contributed by atoms with Gasteiger partial charge in [0, 0.05) is 21.9 Å². The monoisotopic (exact) mass is 481 g/mol. The van der Waals surface area contributed by atoms with Crippen molar-refractivity contribution >= 4 is 41.3 Å². The highest BCUT2D eigenvalue weighted by Gasteiger charge is 2.09. The van der Waals surface area contributed by atoms with Gasteiger partial charge in [0.1, 0.15) is 5.75 Å². The zero-order valence-corrected chi connectivity index (χ0v) is 17.2. The second-order valence-corrected chi connectivity index (χ2v) is 6.42. The summed E-state index contributed by atoms with van der Waals surface area (Å²) in [5.74, 6) is 0.788. The Bertz CT molecular complexity index is 679. The first kappa shape index (κ1) is 21.6. The van der Waals surface area contributed by atoms with Crippen LogP contribution in [-0.4, -0.2) is 19.1 Å². The molecule has 0 spiro atoms. The van der Waals surface area contributed by atoms with Crippen LogP contribution in [0.15, 0.2) is 41.4 Å². The van der Waals surface area contributed by atoms with Crippen molar-refractivity contribution in [2.45, 2.75) is 33.5 Å². The van der Waals surface area contributed by atoms with Gasteiger partial charge in [-0.3, -0.25) is 0 Å². The highest BCUT2D eigenvalue weighted by Crippen LogP contribution is 2.21. The minimum absolute atomic E-state index is 0. The number of guanidine groups is 1. The van der Waals surface area contributed by atoms with Gasteiger partial charge in [-0.15, -0.1) is 35.3 Å². The third-order valence-corrected chi connectivity index (χ3v) is 4.17. The van der Waals surface area contributed by atoms with Gasteiger partial charge in [-0.2, -0.15) is 8.78 Å². The quantitative estimate of drug-likeness (QED) is 0.347. The Morgan fingerprint density at radius 1 is 1.20 bits per heavy atom. The summed E-state index contributed by atoms with van der Waals surface area (Å²) in [4.78, 5) is 6.91. The fourth-order valence-electron chi connectivity index (χ4n) is 2.10. The molecule has 0 fully saturated rings. The van der Waals surface area contributed by atoms with E-state index in [0.29, 0.717) is 24.6 Å². The van der Waals surface area contributed by atoms with Crippen molar-refractivity contribution in [3.8, 4) is 5.75 Å². The number of alkyl halides is 2. The van der Waals surface area contributed by atoms with Crippen LogP contribution in [0.25, 0.3) is 0 Å². The number of para-hydroxylation sites is 1. The van der Waals surface area contributed by atoms with Crippen LogP contribution < -0.4 is 15.4 Å². The van der Waals surface area contributed by atoms with E-state index in [2.05, 4.69) is 39.4 Å². The standard InChI is InChI=1S/C17H21F2N3OS.HI/c1-3-20-17(22-11-14-9-8-12(2)24-14)21-10-13-6-4-5-7-15(13)23-16(18)19;/h4-9,16H,3,10-11H2,1-2H3,(H2,20,21,22);1H. The van der Waals surface area contributed by atoms with Gasteiger partial charge < -0.3 is 15.4 Å². The summed E-state index contributed by atoms with van der Waals surface area (Å²) in [6, 6.07) is 10.8. The molecule has 1 heterocycles. The minimum atomic E-state index is -2.84. The van der Waals surface area contributed by atoms with Crippen LogP contribution in [0.1, 0.15) is 22.2 Å². The van der Waals surface area contributed by atoms with Gasteiger partial charge in [0.05, 0.1) is 13.1 Å². The van der Waals surface area contributed by atoms with E-state index in [1.54, 1.807) is 29.5 Å². The molecule has 0 saturated heterocycles. The van der Waals surface area contributed by atoms with Crippen LogP contribution in [-0.2, 0) is 13.1 Å². The molecule has 2 rings (SSSR count). The second-order valence-electron chi connectivity index (χ2n) is 5.05. The molecule has 0 saturated carbocycles. The molecule has 1 aromatic heterocycles. The first-order chi connectivity index (χ1) is 11.6. The highest BCUT2D eigenvalue weighted by molar-refractivity contribution is 14.0. The van der Waals surface area contributed by atoms with Crippen molar-refractivity contribution in [3.63, 3.8) is 0 Å². The first-order valence-electron chi connectivity index (χ1n) is 7.68. The molecule has 0 aliphatic rings. The number of halogens is 3. The van der Waals surface area contributed by atoms with E-state index >= 15 is 0 Å². The van der Waals surface area contributed by atoms with E-state index in [-0.39, 0.29) is 36.3 Å². The van der Waals surface area contributed by atoms with E-state index < -0.39 is 6.61 Å². The van der Waals surface area contributed by atoms with Crippen molar-refractivity contribution < 1.29 is 13.5 Å².